The van der Waals surface area contributed by atoms with Gasteiger partial charge in [0.1, 0.15) is 0 Å². The molecule has 1 nitrogen and oxygen atoms in total. The molecule has 0 aliphatic heterocycles. The summed E-state index contributed by atoms with van der Waals surface area (Å²) in [5.41, 5.74) is 10.1. The molecule has 1 unspecified atom stereocenters. The van der Waals surface area contributed by atoms with E-state index in [4.69, 9.17) is 5.73 Å². The molecule has 0 saturated carbocycles. The van der Waals surface area contributed by atoms with Crippen molar-refractivity contribution in [1.82, 2.24) is 0 Å². The quantitative estimate of drug-likeness (QED) is 0.807. The van der Waals surface area contributed by atoms with E-state index in [0.29, 0.717) is 0 Å². The average molecular weight is 336 g/mol. The van der Waals surface area contributed by atoms with Crippen LogP contribution in [0.2, 0.25) is 0 Å². The van der Waals surface area contributed by atoms with E-state index in [1.807, 2.05) is 6.07 Å². The highest BCUT2D eigenvalue weighted by molar-refractivity contribution is 9.10. The van der Waals surface area contributed by atoms with Crippen LogP contribution in [0.5, 0.6) is 0 Å². The summed E-state index contributed by atoms with van der Waals surface area (Å²) in [5.74, 6) is 0.881. The lowest BCUT2D eigenvalue weighted by Crippen LogP contribution is -2.14. The van der Waals surface area contributed by atoms with Crippen LogP contribution in [0.1, 0.15) is 22.7 Å². The lowest BCUT2D eigenvalue weighted by Gasteiger charge is -2.15. The molecule has 0 radical (unpaired) electrons. The van der Waals surface area contributed by atoms with E-state index in [-0.39, 0.29) is 6.04 Å². The Bertz CT molecular complexity index is 568. The number of hydrogen-bond acceptors (Lipinski definition) is 2. The van der Waals surface area contributed by atoms with Gasteiger partial charge in [-0.1, -0.05) is 35.9 Å². The first kappa shape index (κ1) is 14.6. The Balaban J connectivity index is 2.05. The van der Waals surface area contributed by atoms with Crippen molar-refractivity contribution in [2.45, 2.75) is 24.8 Å². The predicted molar refractivity (Wildman–Crippen MR) is 87.7 cm³/mol. The predicted octanol–water partition coefficient (Wildman–Crippen LogP) is 4.86. The van der Waals surface area contributed by atoms with Gasteiger partial charge in [-0.25, -0.2) is 0 Å². The Hall–Kier alpha value is -0.770. The average Bonchev–Trinajstić information content (AvgIpc) is 2.37. The summed E-state index contributed by atoms with van der Waals surface area (Å²) in [7, 11) is 0. The Morgan fingerprint density at radius 1 is 1.16 bits per heavy atom. The Morgan fingerprint density at radius 2 is 1.89 bits per heavy atom. The van der Waals surface area contributed by atoms with E-state index in [2.05, 4.69) is 66.2 Å². The Labute approximate surface area is 127 Å². The fourth-order valence-electron chi connectivity index (χ4n) is 2.07. The number of benzene rings is 2. The molecule has 0 aromatic heterocycles. The molecule has 0 amide bonds. The van der Waals surface area contributed by atoms with Gasteiger partial charge in [-0.3, -0.25) is 0 Å². The molecule has 0 aliphatic rings. The monoisotopic (exact) mass is 335 g/mol. The molecule has 0 bridgehead atoms. The molecular formula is C16H18BrNS. The van der Waals surface area contributed by atoms with Crippen LogP contribution < -0.4 is 5.73 Å². The minimum absolute atomic E-state index is 0.0673. The van der Waals surface area contributed by atoms with E-state index in [9.17, 15) is 0 Å². The molecule has 2 rings (SSSR count). The smallest absolute Gasteiger partial charge is 0.0392 e. The molecule has 0 aliphatic carbocycles. The van der Waals surface area contributed by atoms with Crippen molar-refractivity contribution < 1.29 is 0 Å². The first-order valence-corrected chi connectivity index (χ1v) is 8.06. The molecule has 2 aromatic carbocycles. The maximum Gasteiger partial charge on any atom is 0.0392 e. The third-order valence-corrected chi connectivity index (χ3v) is 5.23. The van der Waals surface area contributed by atoms with Crippen LogP contribution in [0, 0.1) is 13.8 Å². The zero-order valence-corrected chi connectivity index (χ0v) is 13.6. The molecule has 0 heterocycles. The van der Waals surface area contributed by atoms with Gasteiger partial charge in [-0.2, -0.15) is 0 Å². The lowest BCUT2D eigenvalue weighted by molar-refractivity contribution is 0.822. The van der Waals surface area contributed by atoms with Crippen molar-refractivity contribution in [3.63, 3.8) is 0 Å². The Kier molecular flexibility index (Phi) is 5.08. The van der Waals surface area contributed by atoms with Gasteiger partial charge in [0.25, 0.3) is 0 Å². The standard InChI is InChI=1S/C16H18BrNS/c1-11-7-8-13(12(2)9-11)15(18)10-19-16-6-4-3-5-14(16)17/h3-9,15H,10,18H2,1-2H3. The summed E-state index contributed by atoms with van der Waals surface area (Å²) >= 11 is 5.36. The summed E-state index contributed by atoms with van der Waals surface area (Å²) in [4.78, 5) is 1.24. The van der Waals surface area contributed by atoms with Crippen LogP contribution in [0.3, 0.4) is 0 Å². The molecule has 0 saturated heterocycles. The summed E-state index contributed by atoms with van der Waals surface area (Å²) in [5, 5.41) is 0. The van der Waals surface area contributed by atoms with Gasteiger partial charge in [0, 0.05) is 21.2 Å². The van der Waals surface area contributed by atoms with Crippen LogP contribution in [0.4, 0.5) is 0 Å². The maximum absolute atomic E-state index is 6.31. The largest absolute Gasteiger partial charge is 0.323 e. The van der Waals surface area contributed by atoms with Crippen LogP contribution in [0.15, 0.2) is 51.8 Å². The lowest BCUT2D eigenvalue weighted by atomic mass is 10.0. The van der Waals surface area contributed by atoms with E-state index in [0.717, 1.165) is 10.2 Å². The van der Waals surface area contributed by atoms with Crippen LogP contribution in [-0.2, 0) is 0 Å². The number of rotatable bonds is 4. The molecule has 0 fully saturated rings. The van der Waals surface area contributed by atoms with Crippen molar-refractivity contribution in [1.29, 1.82) is 0 Å². The van der Waals surface area contributed by atoms with E-state index < -0.39 is 0 Å². The Morgan fingerprint density at radius 3 is 2.58 bits per heavy atom. The first-order valence-electron chi connectivity index (χ1n) is 6.28. The fourth-order valence-corrected chi connectivity index (χ4v) is 3.62. The number of halogens is 1. The van der Waals surface area contributed by atoms with Crippen molar-refractivity contribution >= 4 is 27.7 Å². The third kappa shape index (κ3) is 3.85. The molecule has 0 spiro atoms. The van der Waals surface area contributed by atoms with Gasteiger partial charge >= 0.3 is 0 Å². The third-order valence-electron chi connectivity index (χ3n) is 3.08. The van der Waals surface area contributed by atoms with Crippen molar-refractivity contribution in [3.05, 3.63) is 63.6 Å². The summed E-state index contributed by atoms with van der Waals surface area (Å²) in [6.07, 6.45) is 0. The highest BCUT2D eigenvalue weighted by Crippen LogP contribution is 2.30. The zero-order chi connectivity index (χ0) is 13.8. The zero-order valence-electron chi connectivity index (χ0n) is 11.2. The summed E-state index contributed by atoms with van der Waals surface area (Å²) < 4.78 is 1.13. The normalized spacial score (nSPS) is 12.4. The van der Waals surface area contributed by atoms with Crippen LogP contribution in [-0.4, -0.2) is 5.75 Å². The van der Waals surface area contributed by atoms with Crippen molar-refractivity contribution in [2.24, 2.45) is 5.73 Å². The second-order valence-corrected chi connectivity index (χ2v) is 6.62. The molecule has 2 N–H and O–H groups in total. The van der Waals surface area contributed by atoms with Gasteiger partial charge in [-0.15, -0.1) is 11.8 Å². The van der Waals surface area contributed by atoms with Gasteiger partial charge in [0.15, 0.2) is 0 Å². The highest BCUT2D eigenvalue weighted by Gasteiger charge is 2.10. The minimum Gasteiger partial charge on any atom is -0.323 e. The van der Waals surface area contributed by atoms with E-state index in [1.165, 1.54) is 21.6 Å². The fraction of sp³-hybridized carbons (Fsp3) is 0.250. The molecule has 19 heavy (non-hydrogen) atoms. The second-order valence-electron chi connectivity index (χ2n) is 4.71. The topological polar surface area (TPSA) is 26.0 Å². The van der Waals surface area contributed by atoms with Gasteiger partial charge in [-0.05, 0) is 53.0 Å². The first-order chi connectivity index (χ1) is 9.08. The minimum atomic E-state index is 0.0673. The molecule has 100 valence electrons. The van der Waals surface area contributed by atoms with Gasteiger partial charge in [0.05, 0.1) is 0 Å². The number of aryl methyl sites for hydroxylation is 2. The summed E-state index contributed by atoms with van der Waals surface area (Å²) in [6.45, 7) is 4.24. The summed E-state index contributed by atoms with van der Waals surface area (Å²) in [6, 6.07) is 14.8. The number of hydrogen-bond donors (Lipinski definition) is 1. The van der Waals surface area contributed by atoms with E-state index in [1.54, 1.807) is 11.8 Å². The maximum atomic E-state index is 6.31. The molecule has 1 atom stereocenters. The van der Waals surface area contributed by atoms with Crippen LogP contribution >= 0.6 is 27.7 Å². The number of thioether (sulfide) groups is 1. The van der Waals surface area contributed by atoms with Gasteiger partial charge in [0.2, 0.25) is 0 Å². The number of nitrogens with two attached hydrogens (primary N) is 1. The molecule has 2 aromatic rings. The SMILES string of the molecule is Cc1ccc(C(N)CSc2ccccc2Br)c(C)c1. The van der Waals surface area contributed by atoms with Crippen LogP contribution in [0.25, 0.3) is 0 Å². The molecular weight excluding hydrogens is 318 g/mol. The highest BCUT2D eigenvalue weighted by atomic mass is 79.9. The van der Waals surface area contributed by atoms with Crippen molar-refractivity contribution in [3.8, 4) is 0 Å². The molecule has 3 heteroatoms. The second kappa shape index (κ2) is 6.60. The van der Waals surface area contributed by atoms with Gasteiger partial charge < -0.3 is 5.73 Å². The van der Waals surface area contributed by atoms with E-state index >= 15 is 0 Å². The van der Waals surface area contributed by atoms with Crippen molar-refractivity contribution in [2.75, 3.05) is 5.75 Å².